The Bertz CT molecular complexity index is 1620. The van der Waals surface area contributed by atoms with Crippen molar-refractivity contribution in [2.24, 2.45) is 0 Å². The molecule has 0 unspecified atom stereocenters. The van der Waals surface area contributed by atoms with Crippen LogP contribution in [-0.2, 0) is 0 Å². The highest BCUT2D eigenvalue weighted by molar-refractivity contribution is 6.02. The standard InChI is InChI=1S/C33H33N5O3/c1-3-21-41-28-13-9-25(10-14-28)33(39)37-19-17-36(18-20-37)31-30-29(24-7-5-4-6-8-24)22-38(32(30)35-23-34-31)26-11-15-27(40-2)16-12-26/h4-16,22-23H,3,17-21H2,1-2H3. The first kappa shape index (κ1) is 26.4. The zero-order valence-corrected chi connectivity index (χ0v) is 23.4. The molecule has 0 aliphatic carbocycles. The number of amides is 1. The third-order valence-corrected chi connectivity index (χ3v) is 7.44. The van der Waals surface area contributed by atoms with E-state index in [1.807, 2.05) is 71.6 Å². The Kier molecular flexibility index (Phi) is 7.54. The smallest absolute Gasteiger partial charge is 0.253 e. The van der Waals surface area contributed by atoms with Crippen LogP contribution in [0.4, 0.5) is 5.82 Å². The van der Waals surface area contributed by atoms with E-state index in [-0.39, 0.29) is 5.91 Å². The van der Waals surface area contributed by atoms with Gasteiger partial charge in [0.2, 0.25) is 0 Å². The molecule has 208 valence electrons. The molecule has 0 radical (unpaired) electrons. The van der Waals surface area contributed by atoms with Crippen LogP contribution < -0.4 is 14.4 Å². The van der Waals surface area contributed by atoms with Crippen LogP contribution in [-0.4, -0.2) is 65.2 Å². The van der Waals surface area contributed by atoms with Gasteiger partial charge in [-0.05, 0) is 60.5 Å². The first-order valence-electron chi connectivity index (χ1n) is 14.0. The second-order valence-electron chi connectivity index (χ2n) is 10.0. The van der Waals surface area contributed by atoms with Crippen LogP contribution in [0.1, 0.15) is 23.7 Å². The first-order valence-corrected chi connectivity index (χ1v) is 14.0. The highest BCUT2D eigenvalue weighted by atomic mass is 16.5. The molecule has 0 bridgehead atoms. The SMILES string of the molecule is CCCOc1ccc(C(=O)N2CCN(c3ncnc4c3c(-c3ccccc3)cn4-c3ccc(OC)cc3)CC2)cc1. The molecule has 1 saturated heterocycles. The van der Waals surface area contributed by atoms with Crippen molar-refractivity contribution in [1.29, 1.82) is 0 Å². The molecule has 0 spiro atoms. The lowest BCUT2D eigenvalue weighted by Crippen LogP contribution is -2.49. The number of ether oxygens (including phenoxy) is 2. The number of carbonyl (C=O) groups excluding carboxylic acids is 1. The molecule has 0 atom stereocenters. The van der Waals surface area contributed by atoms with Gasteiger partial charge >= 0.3 is 0 Å². The Morgan fingerprint density at radius 2 is 1.56 bits per heavy atom. The van der Waals surface area contributed by atoms with E-state index in [0.29, 0.717) is 38.3 Å². The molecule has 0 N–H and O–H groups in total. The molecule has 5 aromatic rings. The van der Waals surface area contributed by atoms with Gasteiger partial charge in [-0.1, -0.05) is 37.3 Å². The Morgan fingerprint density at radius 1 is 0.854 bits per heavy atom. The van der Waals surface area contributed by atoms with Crippen LogP contribution in [0.15, 0.2) is 91.4 Å². The number of piperazine rings is 1. The van der Waals surface area contributed by atoms with Gasteiger partial charge in [0.15, 0.2) is 5.65 Å². The number of anilines is 1. The molecule has 2 aromatic heterocycles. The number of nitrogens with zero attached hydrogens (tertiary/aromatic N) is 5. The van der Waals surface area contributed by atoms with Crippen LogP contribution in [0, 0.1) is 0 Å². The van der Waals surface area contributed by atoms with Crippen LogP contribution in [0.3, 0.4) is 0 Å². The predicted octanol–water partition coefficient (Wildman–Crippen LogP) is 5.85. The number of rotatable bonds is 8. The van der Waals surface area contributed by atoms with Crippen LogP contribution >= 0.6 is 0 Å². The van der Waals surface area contributed by atoms with Crippen molar-refractivity contribution in [2.75, 3.05) is 44.8 Å². The second kappa shape index (κ2) is 11.7. The van der Waals surface area contributed by atoms with Crippen molar-refractivity contribution in [2.45, 2.75) is 13.3 Å². The summed E-state index contributed by atoms with van der Waals surface area (Å²) in [6, 6.07) is 25.7. The minimum atomic E-state index is 0.0372. The molecular weight excluding hydrogens is 514 g/mol. The monoisotopic (exact) mass is 547 g/mol. The molecule has 1 aliphatic heterocycles. The number of benzene rings is 3. The lowest BCUT2D eigenvalue weighted by molar-refractivity contribution is 0.0746. The number of hydrogen-bond donors (Lipinski definition) is 0. The summed E-state index contributed by atoms with van der Waals surface area (Å²) in [5, 5.41) is 0.997. The molecule has 1 aliphatic rings. The quantitative estimate of drug-likeness (QED) is 0.243. The van der Waals surface area contributed by atoms with Gasteiger partial charge in [0.05, 0.1) is 19.1 Å². The van der Waals surface area contributed by atoms with E-state index >= 15 is 0 Å². The summed E-state index contributed by atoms with van der Waals surface area (Å²) >= 11 is 0. The Morgan fingerprint density at radius 3 is 2.24 bits per heavy atom. The lowest BCUT2D eigenvalue weighted by atomic mass is 10.1. The summed E-state index contributed by atoms with van der Waals surface area (Å²) in [5.74, 6) is 2.51. The minimum absolute atomic E-state index is 0.0372. The molecular formula is C33H33N5O3. The van der Waals surface area contributed by atoms with E-state index in [1.54, 1.807) is 13.4 Å². The number of fused-ring (bicyclic) bond motifs is 1. The summed E-state index contributed by atoms with van der Waals surface area (Å²) in [7, 11) is 1.67. The van der Waals surface area contributed by atoms with Gasteiger partial charge < -0.3 is 23.8 Å². The molecule has 8 nitrogen and oxygen atoms in total. The number of carbonyl (C=O) groups is 1. The lowest BCUT2D eigenvalue weighted by Gasteiger charge is -2.35. The normalized spacial score (nSPS) is 13.4. The van der Waals surface area contributed by atoms with E-state index in [4.69, 9.17) is 19.4 Å². The fraction of sp³-hybridized carbons (Fsp3) is 0.242. The molecule has 41 heavy (non-hydrogen) atoms. The van der Waals surface area contributed by atoms with Crippen molar-refractivity contribution in [3.05, 3.63) is 97.0 Å². The second-order valence-corrected chi connectivity index (χ2v) is 10.0. The summed E-state index contributed by atoms with van der Waals surface area (Å²) < 4.78 is 13.1. The zero-order valence-electron chi connectivity index (χ0n) is 23.4. The highest BCUT2D eigenvalue weighted by Crippen LogP contribution is 2.37. The summed E-state index contributed by atoms with van der Waals surface area (Å²) in [6.07, 6.45) is 4.71. The van der Waals surface area contributed by atoms with Crippen LogP contribution in [0.25, 0.3) is 27.8 Å². The van der Waals surface area contributed by atoms with E-state index in [2.05, 4.69) is 34.7 Å². The van der Waals surface area contributed by atoms with Gasteiger partial charge in [-0.3, -0.25) is 4.79 Å². The number of hydrogen-bond acceptors (Lipinski definition) is 6. The molecule has 3 aromatic carbocycles. The number of methoxy groups -OCH3 is 1. The fourth-order valence-electron chi connectivity index (χ4n) is 5.28. The molecule has 8 heteroatoms. The van der Waals surface area contributed by atoms with E-state index in [0.717, 1.165) is 51.6 Å². The molecule has 1 amide bonds. The Labute approximate surface area is 239 Å². The van der Waals surface area contributed by atoms with Crippen LogP contribution in [0.5, 0.6) is 11.5 Å². The zero-order chi connectivity index (χ0) is 28.2. The topological polar surface area (TPSA) is 72.7 Å². The Hall–Kier alpha value is -4.85. The van der Waals surface area contributed by atoms with E-state index < -0.39 is 0 Å². The van der Waals surface area contributed by atoms with Gasteiger partial charge in [-0.15, -0.1) is 0 Å². The maximum atomic E-state index is 13.3. The molecule has 3 heterocycles. The van der Waals surface area contributed by atoms with Crippen molar-refractivity contribution >= 4 is 22.8 Å². The van der Waals surface area contributed by atoms with Crippen LogP contribution in [0.2, 0.25) is 0 Å². The van der Waals surface area contributed by atoms with Gasteiger partial charge in [0.25, 0.3) is 5.91 Å². The fourth-order valence-corrected chi connectivity index (χ4v) is 5.28. The molecule has 0 saturated carbocycles. The van der Waals surface area contributed by atoms with Crippen molar-refractivity contribution in [1.82, 2.24) is 19.4 Å². The highest BCUT2D eigenvalue weighted by Gasteiger charge is 2.26. The van der Waals surface area contributed by atoms with Gasteiger partial charge in [-0.2, -0.15) is 0 Å². The third kappa shape index (κ3) is 5.33. The summed E-state index contributed by atoms with van der Waals surface area (Å²) in [6.45, 7) is 5.32. The minimum Gasteiger partial charge on any atom is -0.497 e. The molecule has 1 fully saturated rings. The largest absolute Gasteiger partial charge is 0.497 e. The number of aromatic nitrogens is 3. The van der Waals surface area contributed by atoms with Gasteiger partial charge in [0.1, 0.15) is 23.6 Å². The van der Waals surface area contributed by atoms with Crippen molar-refractivity contribution in [3.8, 4) is 28.3 Å². The van der Waals surface area contributed by atoms with Crippen molar-refractivity contribution in [3.63, 3.8) is 0 Å². The first-order chi connectivity index (χ1) is 20.2. The summed E-state index contributed by atoms with van der Waals surface area (Å²) in [4.78, 5) is 26.9. The average Bonchev–Trinajstić information content (AvgIpc) is 3.44. The predicted molar refractivity (Wildman–Crippen MR) is 161 cm³/mol. The summed E-state index contributed by atoms with van der Waals surface area (Å²) in [5.41, 5.74) is 4.67. The van der Waals surface area contributed by atoms with Crippen molar-refractivity contribution < 1.29 is 14.3 Å². The third-order valence-electron chi connectivity index (χ3n) is 7.44. The van der Waals surface area contributed by atoms with Gasteiger partial charge in [-0.25, -0.2) is 9.97 Å². The average molecular weight is 548 g/mol. The van der Waals surface area contributed by atoms with E-state index in [1.165, 1.54) is 0 Å². The Balaban J connectivity index is 1.29. The maximum absolute atomic E-state index is 13.3. The van der Waals surface area contributed by atoms with Gasteiger partial charge in [0, 0.05) is 49.2 Å². The van der Waals surface area contributed by atoms with E-state index in [9.17, 15) is 4.79 Å². The maximum Gasteiger partial charge on any atom is 0.253 e. The molecule has 6 rings (SSSR count).